The number of aliphatic carboxylic acids is 1. The van der Waals surface area contributed by atoms with Crippen LogP contribution in [-0.4, -0.2) is 185 Å². The quantitative estimate of drug-likeness (QED) is 0.0271. The van der Waals surface area contributed by atoms with Crippen LogP contribution in [0.4, 0.5) is 0 Å². The van der Waals surface area contributed by atoms with Crippen LogP contribution in [0.15, 0.2) is 36.6 Å². The second kappa shape index (κ2) is 56.3. The zero-order chi connectivity index (χ0) is 68.7. The minimum Gasteiger partial charge on any atom is -0.511 e. The van der Waals surface area contributed by atoms with Crippen molar-refractivity contribution in [3.63, 3.8) is 0 Å². The SMILES string of the molecule is C=C(O)[C@H](CCC(=O)NCCOCCOCC(=O)NCCOCCOCC(=O)NCCCC[C@H](NC)C(=O)CN[C@@H](Cc1ccc(O)cc1)C(N)=O)NC(=O)C1CCC(CNC(=O)CCCCCCCCCCCCCCCCCCC(=O)O)CC1.CCC(=O)[C@H](C)N. The Kier molecular flexibility index (Phi) is 51.4. The Balaban J connectivity index is 0.00000581. The van der Waals surface area contributed by atoms with E-state index in [1.807, 2.05) is 6.92 Å². The average Bonchev–Trinajstić information content (AvgIpc) is 2.64. The summed E-state index contributed by atoms with van der Waals surface area (Å²) in [6.45, 7) is 9.50. The topological polar surface area (TPSA) is 387 Å². The summed E-state index contributed by atoms with van der Waals surface area (Å²) >= 11 is 0. The summed E-state index contributed by atoms with van der Waals surface area (Å²) in [7, 11) is 1.69. The van der Waals surface area contributed by atoms with Gasteiger partial charge in [0.05, 0.1) is 70.4 Å². The first-order valence-electron chi connectivity index (χ1n) is 34.3. The molecule has 1 aromatic carbocycles. The van der Waals surface area contributed by atoms with E-state index in [1.165, 1.54) is 76.3 Å². The number of amides is 6. The van der Waals surface area contributed by atoms with Crippen molar-refractivity contribution in [2.45, 2.75) is 224 Å². The van der Waals surface area contributed by atoms with Crippen molar-refractivity contribution in [2.75, 3.05) is 92.6 Å². The largest absolute Gasteiger partial charge is 0.511 e. The van der Waals surface area contributed by atoms with Crippen LogP contribution < -0.4 is 48.7 Å². The van der Waals surface area contributed by atoms with Gasteiger partial charge in [0.25, 0.3) is 0 Å². The van der Waals surface area contributed by atoms with E-state index in [1.54, 1.807) is 26.1 Å². The van der Waals surface area contributed by atoms with E-state index in [0.29, 0.717) is 70.4 Å². The number of unbranched alkanes of at least 4 members (excludes halogenated alkanes) is 16. The number of hydrogen-bond acceptors (Lipinski definition) is 18. The molecule has 14 N–H and O–H groups in total. The number of nitrogens with two attached hydrogens (primary N) is 2. The number of aliphatic hydroxyl groups excluding tert-OH is 1. The van der Waals surface area contributed by atoms with Gasteiger partial charge in [-0.15, -0.1) is 0 Å². The molecule has 25 heteroatoms. The summed E-state index contributed by atoms with van der Waals surface area (Å²) in [5, 5.41) is 48.5. The van der Waals surface area contributed by atoms with Gasteiger partial charge < -0.3 is 77.6 Å². The highest BCUT2D eigenvalue weighted by Crippen LogP contribution is 2.29. The average molecular weight is 1320 g/mol. The second-order valence-corrected chi connectivity index (χ2v) is 24.2. The second-order valence-electron chi connectivity index (χ2n) is 24.2. The van der Waals surface area contributed by atoms with Gasteiger partial charge in [0.15, 0.2) is 5.78 Å². The van der Waals surface area contributed by atoms with Crippen LogP contribution in [-0.2, 0) is 68.5 Å². The maximum Gasteiger partial charge on any atom is 0.303 e. The monoisotopic (exact) mass is 1320 g/mol. The number of likely N-dealkylation sites (N-methyl/N-ethyl adjacent to an activating group) is 1. The number of hydrogen-bond donors (Lipinski definition) is 12. The standard InChI is InChI=1S/C63H108N8O15.C5H11NO/c1-48(72)53(71-63(82)51-28-24-50(25-29-51)44-70-57(75)22-17-15-13-11-9-7-5-3-4-6-8-10-12-14-16-18-23-61(79)80)32-33-58(76)67-35-37-83-39-42-86-47-60(78)68-36-38-84-40-41-85-46-59(77)66-34-20-19-21-54(65-2)56(74)45-69-55(62(64)81)43-49-26-30-52(73)31-27-49;1-3-5(7)4(2)6/h26-27,30-31,50-51,53-55,65,69,72-73H,1,3-25,28-29,32-47H2,2H3,(H2,64,81)(H,66,77)(H,67,76)(H,68,78)(H,70,75)(H,71,82)(H,79,80);4H,3,6H2,1-2H3/t50?,51?,53-,54-,55-;4-/m00/s1. The summed E-state index contributed by atoms with van der Waals surface area (Å²) in [5.41, 5.74) is 11.5. The van der Waals surface area contributed by atoms with Crippen LogP contribution in [0.5, 0.6) is 5.75 Å². The molecule has 25 nitrogen and oxygen atoms in total. The summed E-state index contributed by atoms with van der Waals surface area (Å²) in [6.07, 6.45) is 25.6. The van der Waals surface area contributed by atoms with Crippen LogP contribution >= 0.6 is 0 Å². The van der Waals surface area contributed by atoms with E-state index in [9.17, 15) is 53.4 Å². The fourth-order valence-electron chi connectivity index (χ4n) is 10.4. The number of rotatable bonds is 58. The molecule has 0 spiro atoms. The van der Waals surface area contributed by atoms with E-state index in [2.05, 4.69) is 43.8 Å². The molecule has 0 bridgehead atoms. The maximum absolute atomic E-state index is 13.1. The van der Waals surface area contributed by atoms with Crippen molar-refractivity contribution >= 4 is 53.0 Å². The number of carbonyl (C=O) groups is 9. The minimum atomic E-state index is -0.758. The molecule has 532 valence electrons. The van der Waals surface area contributed by atoms with Crippen molar-refractivity contribution in [3.05, 3.63) is 42.2 Å². The highest BCUT2D eigenvalue weighted by atomic mass is 16.5. The van der Waals surface area contributed by atoms with Gasteiger partial charge in [-0.3, -0.25) is 48.5 Å². The first kappa shape index (κ1) is 84.9. The van der Waals surface area contributed by atoms with Gasteiger partial charge in [0, 0.05) is 57.8 Å². The molecule has 1 aliphatic rings. The highest BCUT2D eigenvalue weighted by molar-refractivity contribution is 5.87. The number of primary amides is 1. The number of Topliss-reactive ketones (excluding diaryl/α,β-unsaturated/α-hetero) is 2. The Labute approximate surface area is 553 Å². The molecular formula is C68H119N9O16. The molecule has 1 fully saturated rings. The van der Waals surface area contributed by atoms with Crippen molar-refractivity contribution < 1.29 is 77.4 Å². The van der Waals surface area contributed by atoms with Gasteiger partial charge in [-0.2, -0.15) is 0 Å². The van der Waals surface area contributed by atoms with E-state index in [-0.39, 0.29) is 156 Å². The van der Waals surface area contributed by atoms with Crippen molar-refractivity contribution in [1.82, 2.24) is 37.2 Å². The van der Waals surface area contributed by atoms with Crippen molar-refractivity contribution in [1.29, 1.82) is 0 Å². The summed E-state index contributed by atoms with van der Waals surface area (Å²) in [6, 6.07) is 4.20. The number of benzene rings is 1. The third-order valence-electron chi connectivity index (χ3n) is 16.2. The number of ether oxygens (including phenoxy) is 4. The number of aromatic hydroxyl groups is 1. The first-order valence-corrected chi connectivity index (χ1v) is 34.3. The zero-order valence-electron chi connectivity index (χ0n) is 56.5. The molecule has 4 atom stereocenters. The van der Waals surface area contributed by atoms with Crippen LogP contribution in [0.1, 0.15) is 199 Å². The molecule has 1 aliphatic carbocycles. The van der Waals surface area contributed by atoms with Crippen molar-refractivity contribution in [2.24, 2.45) is 23.3 Å². The molecule has 0 heterocycles. The fraction of sp³-hybridized carbons (Fsp3) is 0.750. The Morgan fingerprint density at radius 1 is 0.559 bits per heavy atom. The summed E-state index contributed by atoms with van der Waals surface area (Å²) in [5.74, 6) is -2.22. The molecule has 1 aromatic rings. The molecule has 1 saturated carbocycles. The van der Waals surface area contributed by atoms with Gasteiger partial charge >= 0.3 is 5.97 Å². The molecule has 0 aromatic heterocycles. The Morgan fingerprint density at radius 2 is 1.04 bits per heavy atom. The molecule has 0 radical (unpaired) electrons. The van der Waals surface area contributed by atoms with Gasteiger partial charge in [-0.1, -0.05) is 116 Å². The summed E-state index contributed by atoms with van der Waals surface area (Å²) in [4.78, 5) is 108. The number of aliphatic hydroxyl groups is 1. The van der Waals surface area contributed by atoms with Crippen LogP contribution in [0.2, 0.25) is 0 Å². The molecular weight excluding hydrogens is 1200 g/mol. The summed E-state index contributed by atoms with van der Waals surface area (Å²) < 4.78 is 21.6. The predicted octanol–water partition coefficient (Wildman–Crippen LogP) is 5.80. The molecule has 0 saturated heterocycles. The third-order valence-corrected chi connectivity index (χ3v) is 16.2. The fourth-order valence-corrected chi connectivity index (χ4v) is 10.4. The smallest absolute Gasteiger partial charge is 0.303 e. The van der Waals surface area contributed by atoms with Crippen molar-refractivity contribution in [3.8, 4) is 5.75 Å². The van der Waals surface area contributed by atoms with E-state index in [0.717, 1.165) is 56.9 Å². The first-order chi connectivity index (χ1) is 44.7. The Morgan fingerprint density at radius 3 is 1.52 bits per heavy atom. The van der Waals surface area contributed by atoms with Gasteiger partial charge in [-0.05, 0) is 108 Å². The van der Waals surface area contributed by atoms with Crippen LogP contribution in [0.3, 0.4) is 0 Å². The highest BCUT2D eigenvalue weighted by Gasteiger charge is 2.29. The molecule has 2 rings (SSSR count). The number of carbonyl (C=O) groups excluding carboxylic acids is 8. The molecule has 0 unspecified atom stereocenters. The lowest BCUT2D eigenvalue weighted by Crippen LogP contribution is -2.48. The number of phenols is 1. The van der Waals surface area contributed by atoms with E-state index in [4.69, 9.17) is 35.5 Å². The maximum atomic E-state index is 13.1. The molecule has 6 amide bonds. The van der Waals surface area contributed by atoms with E-state index < -0.39 is 30.0 Å². The normalized spacial score (nSPS) is 14.9. The van der Waals surface area contributed by atoms with E-state index >= 15 is 0 Å². The lowest BCUT2D eigenvalue weighted by atomic mass is 9.81. The molecule has 93 heavy (non-hydrogen) atoms. The van der Waals surface area contributed by atoms with Crippen LogP contribution in [0, 0.1) is 11.8 Å². The van der Waals surface area contributed by atoms with Crippen LogP contribution in [0.25, 0.3) is 0 Å². The zero-order valence-corrected chi connectivity index (χ0v) is 56.5. The Bertz CT molecular complexity index is 2230. The number of nitrogens with one attached hydrogen (secondary N) is 7. The number of phenolic OH excluding ortho intramolecular Hbond substituents is 1. The van der Waals surface area contributed by atoms with Gasteiger partial charge in [0.2, 0.25) is 35.4 Å². The Hall–Kier alpha value is -6.09. The number of carboxylic acids is 1. The van der Waals surface area contributed by atoms with Gasteiger partial charge in [0.1, 0.15) is 30.5 Å². The molecule has 0 aliphatic heterocycles. The lowest BCUT2D eigenvalue weighted by Gasteiger charge is -2.29. The number of ketones is 2. The predicted molar refractivity (Wildman–Crippen MR) is 358 cm³/mol. The lowest BCUT2D eigenvalue weighted by molar-refractivity contribution is -0.137. The third kappa shape index (κ3) is 48.3. The number of carboxylic acid groups (broad SMARTS) is 1. The van der Waals surface area contributed by atoms with Gasteiger partial charge in [-0.25, -0.2) is 0 Å². The minimum absolute atomic E-state index is 0.0468.